The highest BCUT2D eigenvalue weighted by atomic mass is 19.1. The Balaban J connectivity index is 1.44. The van der Waals surface area contributed by atoms with E-state index in [-0.39, 0.29) is 17.6 Å². The number of carbonyl (C=O) groups is 2. The first kappa shape index (κ1) is 18.6. The van der Waals surface area contributed by atoms with Crippen LogP contribution < -0.4 is 5.32 Å². The fourth-order valence-electron chi connectivity index (χ4n) is 3.82. The molecule has 2 aliphatic rings. The number of ether oxygens (including phenoxy) is 1. The summed E-state index contributed by atoms with van der Waals surface area (Å²) < 4.78 is 21.8. The highest BCUT2D eigenvalue weighted by Crippen LogP contribution is 2.33. The Morgan fingerprint density at radius 3 is 2.68 bits per heavy atom. The van der Waals surface area contributed by atoms with E-state index in [0.717, 1.165) is 5.69 Å². The third kappa shape index (κ3) is 3.28. The molecule has 1 N–H and O–H groups in total. The molecule has 1 fully saturated rings. The number of amides is 2. The molecule has 2 aromatic rings. The van der Waals surface area contributed by atoms with Crippen LogP contribution in [0.5, 0.6) is 0 Å². The first-order valence-corrected chi connectivity index (χ1v) is 9.39. The normalized spacial score (nSPS) is 18.0. The fourth-order valence-corrected chi connectivity index (χ4v) is 3.82. The molecule has 148 valence electrons. The molecule has 7 nitrogen and oxygen atoms in total. The number of nitrogens with zero attached hydrogens (tertiary/aromatic N) is 3. The topological polar surface area (TPSA) is 76.5 Å². The molecule has 1 saturated heterocycles. The molecule has 2 amide bonds. The fraction of sp³-hybridized carbons (Fsp3) is 0.450. The molecule has 1 aromatic heterocycles. The summed E-state index contributed by atoms with van der Waals surface area (Å²) >= 11 is 0. The van der Waals surface area contributed by atoms with Gasteiger partial charge < -0.3 is 15.0 Å². The summed E-state index contributed by atoms with van der Waals surface area (Å²) in [5.74, 6) is -0.749. The van der Waals surface area contributed by atoms with Gasteiger partial charge in [-0.2, -0.15) is 5.10 Å². The number of halogens is 1. The summed E-state index contributed by atoms with van der Waals surface area (Å²) in [5, 5.41) is 6.97. The lowest BCUT2D eigenvalue weighted by Gasteiger charge is -2.43. The summed E-state index contributed by atoms with van der Waals surface area (Å²) in [6, 6.07) is 6.34. The SMILES string of the molecule is CNC(=O)c1cc2n(n1)CC1(CCN(C(=O)c3ccc(C)c(F)c3)CC1)OC2. The molecule has 0 atom stereocenters. The number of rotatable bonds is 2. The van der Waals surface area contributed by atoms with Crippen LogP contribution in [0.2, 0.25) is 0 Å². The molecule has 3 heterocycles. The molecular weight excluding hydrogens is 363 g/mol. The number of aryl methyl sites for hydroxylation is 1. The highest BCUT2D eigenvalue weighted by Gasteiger charge is 2.41. The van der Waals surface area contributed by atoms with Gasteiger partial charge >= 0.3 is 0 Å². The van der Waals surface area contributed by atoms with E-state index < -0.39 is 5.60 Å². The Labute approximate surface area is 162 Å². The van der Waals surface area contributed by atoms with Gasteiger partial charge in [-0.05, 0) is 43.5 Å². The van der Waals surface area contributed by atoms with Crippen molar-refractivity contribution in [2.45, 2.75) is 38.5 Å². The second kappa shape index (κ2) is 7.01. The highest BCUT2D eigenvalue weighted by molar-refractivity contribution is 5.94. The van der Waals surface area contributed by atoms with Gasteiger partial charge in [-0.15, -0.1) is 0 Å². The van der Waals surface area contributed by atoms with Gasteiger partial charge in [0.1, 0.15) is 5.82 Å². The Morgan fingerprint density at radius 1 is 1.25 bits per heavy atom. The van der Waals surface area contributed by atoms with Gasteiger partial charge in [0.15, 0.2) is 5.69 Å². The summed E-state index contributed by atoms with van der Waals surface area (Å²) in [6.45, 7) is 3.69. The van der Waals surface area contributed by atoms with E-state index in [1.165, 1.54) is 6.07 Å². The van der Waals surface area contributed by atoms with E-state index in [4.69, 9.17) is 4.74 Å². The third-order valence-electron chi connectivity index (χ3n) is 5.67. The van der Waals surface area contributed by atoms with E-state index in [1.807, 2.05) is 4.68 Å². The number of piperidine rings is 1. The molecule has 0 unspecified atom stereocenters. The van der Waals surface area contributed by atoms with Crippen molar-refractivity contribution in [1.82, 2.24) is 20.0 Å². The van der Waals surface area contributed by atoms with Crippen LogP contribution in [0.15, 0.2) is 24.3 Å². The predicted molar refractivity (Wildman–Crippen MR) is 99.4 cm³/mol. The third-order valence-corrected chi connectivity index (χ3v) is 5.67. The van der Waals surface area contributed by atoms with Crippen molar-refractivity contribution >= 4 is 11.8 Å². The Kier molecular flexibility index (Phi) is 4.66. The van der Waals surface area contributed by atoms with Crippen molar-refractivity contribution in [3.63, 3.8) is 0 Å². The number of fused-ring (bicyclic) bond motifs is 1. The van der Waals surface area contributed by atoms with Gasteiger partial charge in [0.2, 0.25) is 0 Å². The van der Waals surface area contributed by atoms with Crippen molar-refractivity contribution in [2.24, 2.45) is 0 Å². The van der Waals surface area contributed by atoms with Gasteiger partial charge in [-0.3, -0.25) is 14.3 Å². The van der Waals surface area contributed by atoms with Gasteiger partial charge in [0.25, 0.3) is 11.8 Å². The van der Waals surface area contributed by atoms with Crippen molar-refractivity contribution in [3.05, 3.63) is 52.6 Å². The summed E-state index contributed by atoms with van der Waals surface area (Å²) in [7, 11) is 1.57. The minimum absolute atomic E-state index is 0.161. The maximum atomic E-state index is 13.8. The molecule has 8 heteroatoms. The number of likely N-dealkylation sites (tertiary alicyclic amines) is 1. The minimum atomic E-state index is -0.395. The molecule has 1 spiro atoms. The second-order valence-electron chi connectivity index (χ2n) is 7.49. The zero-order valence-electron chi connectivity index (χ0n) is 16.0. The van der Waals surface area contributed by atoms with E-state index in [1.54, 1.807) is 37.1 Å². The van der Waals surface area contributed by atoms with Crippen LogP contribution in [0, 0.1) is 12.7 Å². The second-order valence-corrected chi connectivity index (χ2v) is 7.49. The van der Waals surface area contributed by atoms with Crippen LogP contribution in [0.4, 0.5) is 4.39 Å². The molecular formula is C20H23FN4O3. The molecule has 0 saturated carbocycles. The molecule has 0 radical (unpaired) electrons. The monoisotopic (exact) mass is 386 g/mol. The van der Waals surface area contributed by atoms with Crippen molar-refractivity contribution in [3.8, 4) is 0 Å². The standard InChI is InChI=1S/C20H23FN4O3/c1-13-3-4-14(9-16(13)21)19(27)24-7-5-20(6-8-24)12-25-15(11-28-20)10-17(23-25)18(26)22-2/h3-4,9-10H,5-8,11-12H2,1-2H3,(H,22,26). The number of nitrogens with one attached hydrogen (secondary N) is 1. The zero-order chi connectivity index (χ0) is 19.9. The summed E-state index contributed by atoms with van der Waals surface area (Å²) in [4.78, 5) is 26.2. The molecule has 4 rings (SSSR count). The Morgan fingerprint density at radius 2 is 2.00 bits per heavy atom. The Bertz CT molecular complexity index is 932. The number of aromatic nitrogens is 2. The van der Waals surface area contributed by atoms with Crippen LogP contribution in [0.3, 0.4) is 0 Å². The number of hydrogen-bond donors (Lipinski definition) is 1. The lowest BCUT2D eigenvalue weighted by atomic mass is 9.89. The molecule has 28 heavy (non-hydrogen) atoms. The van der Waals surface area contributed by atoms with E-state index in [0.29, 0.717) is 55.9 Å². The van der Waals surface area contributed by atoms with Crippen molar-refractivity contribution < 1.29 is 18.7 Å². The van der Waals surface area contributed by atoms with Crippen molar-refractivity contribution in [2.75, 3.05) is 20.1 Å². The van der Waals surface area contributed by atoms with Gasteiger partial charge in [0.05, 0.1) is 24.4 Å². The maximum Gasteiger partial charge on any atom is 0.271 e. The molecule has 1 aromatic carbocycles. The number of benzene rings is 1. The van der Waals surface area contributed by atoms with Gasteiger partial charge in [0, 0.05) is 25.7 Å². The van der Waals surface area contributed by atoms with Gasteiger partial charge in [-0.1, -0.05) is 6.07 Å². The van der Waals surface area contributed by atoms with E-state index in [2.05, 4.69) is 10.4 Å². The van der Waals surface area contributed by atoms with Crippen LogP contribution in [0.1, 0.15) is 44.9 Å². The lowest BCUT2D eigenvalue weighted by molar-refractivity contribution is -0.119. The van der Waals surface area contributed by atoms with Crippen LogP contribution in [-0.2, 0) is 17.9 Å². The lowest BCUT2D eigenvalue weighted by Crippen LogP contribution is -2.52. The van der Waals surface area contributed by atoms with E-state index >= 15 is 0 Å². The Hall–Kier alpha value is -2.74. The smallest absolute Gasteiger partial charge is 0.271 e. The quantitative estimate of drug-likeness (QED) is 0.855. The molecule has 0 aliphatic carbocycles. The first-order valence-electron chi connectivity index (χ1n) is 9.39. The van der Waals surface area contributed by atoms with Gasteiger partial charge in [-0.25, -0.2) is 4.39 Å². The zero-order valence-corrected chi connectivity index (χ0v) is 16.0. The van der Waals surface area contributed by atoms with Crippen molar-refractivity contribution in [1.29, 1.82) is 0 Å². The largest absolute Gasteiger partial charge is 0.367 e. The number of hydrogen-bond acceptors (Lipinski definition) is 4. The average molecular weight is 386 g/mol. The van der Waals surface area contributed by atoms with E-state index in [9.17, 15) is 14.0 Å². The number of carbonyl (C=O) groups excluding carboxylic acids is 2. The molecule has 2 aliphatic heterocycles. The van der Waals surface area contributed by atoms with Crippen LogP contribution >= 0.6 is 0 Å². The average Bonchev–Trinajstić information content (AvgIpc) is 3.12. The molecule has 0 bridgehead atoms. The maximum absolute atomic E-state index is 13.8. The summed E-state index contributed by atoms with van der Waals surface area (Å²) in [5.41, 5.74) is 1.75. The van der Waals surface area contributed by atoms with Crippen LogP contribution in [-0.4, -0.2) is 52.2 Å². The summed E-state index contributed by atoms with van der Waals surface area (Å²) in [6.07, 6.45) is 1.34. The predicted octanol–water partition coefficient (Wildman–Crippen LogP) is 1.90. The first-order chi connectivity index (χ1) is 13.4. The minimum Gasteiger partial charge on any atom is -0.367 e. The van der Waals surface area contributed by atoms with Crippen LogP contribution in [0.25, 0.3) is 0 Å².